The molecule has 0 aliphatic carbocycles. The van der Waals surface area contributed by atoms with Gasteiger partial charge in [-0.15, -0.1) is 0 Å². The Labute approximate surface area is 326 Å². The van der Waals surface area contributed by atoms with Crippen LogP contribution in [0.15, 0.2) is 170 Å². The van der Waals surface area contributed by atoms with E-state index in [9.17, 15) is 15.8 Å². The first-order valence-corrected chi connectivity index (χ1v) is 18.7. The monoisotopic (exact) mass is 724 g/mol. The smallest absolute Gasteiger partial charge is 0.101 e. The van der Waals surface area contributed by atoms with Crippen molar-refractivity contribution < 1.29 is 0 Å². The second-order valence-corrected chi connectivity index (χ2v) is 14.3. The van der Waals surface area contributed by atoms with Gasteiger partial charge in [0.25, 0.3) is 0 Å². The number of rotatable bonds is 4. The van der Waals surface area contributed by atoms with Crippen LogP contribution in [-0.4, -0.2) is 13.7 Å². The first-order chi connectivity index (χ1) is 28.1. The van der Waals surface area contributed by atoms with E-state index in [0.29, 0.717) is 16.7 Å². The molecule has 0 aliphatic heterocycles. The minimum atomic E-state index is 0.522. The zero-order valence-corrected chi connectivity index (χ0v) is 30.3. The van der Waals surface area contributed by atoms with Gasteiger partial charge in [-0.3, -0.25) is 0 Å². The fourth-order valence-corrected chi connectivity index (χ4v) is 8.88. The van der Waals surface area contributed by atoms with Gasteiger partial charge in [0.2, 0.25) is 0 Å². The summed E-state index contributed by atoms with van der Waals surface area (Å²) in [6.07, 6.45) is 0. The van der Waals surface area contributed by atoms with Crippen LogP contribution in [0.25, 0.3) is 93.6 Å². The van der Waals surface area contributed by atoms with Gasteiger partial charge in [-0.25, -0.2) is 0 Å². The lowest BCUT2D eigenvalue weighted by Gasteiger charge is -2.16. The molecule has 0 saturated heterocycles. The van der Waals surface area contributed by atoms with Crippen molar-refractivity contribution in [1.29, 1.82) is 15.8 Å². The zero-order chi connectivity index (χ0) is 38.2. The Hall–Kier alpha value is -8.37. The SMILES string of the molecule is N#Cc1ccc2c(c1)c1ccc(-n3c4ccccc4c4ccccc43)cc1n2-c1ccc(-c2ccccc2-n2c3ccccc3c3cc(C#N)ccc32)cc1C#N. The van der Waals surface area contributed by atoms with E-state index in [0.717, 1.165) is 82.8 Å². The molecule has 0 aliphatic rings. The molecule has 0 spiro atoms. The lowest BCUT2D eigenvalue weighted by molar-refractivity contribution is 1.15. The van der Waals surface area contributed by atoms with Crippen molar-refractivity contribution in [2.24, 2.45) is 0 Å². The Kier molecular flexibility index (Phi) is 6.95. The van der Waals surface area contributed by atoms with E-state index in [4.69, 9.17) is 0 Å². The summed E-state index contributed by atoms with van der Waals surface area (Å²) >= 11 is 0. The van der Waals surface area contributed by atoms with E-state index < -0.39 is 0 Å². The molecule has 0 saturated carbocycles. The molecule has 3 aromatic heterocycles. The highest BCUT2D eigenvalue weighted by Gasteiger charge is 2.21. The summed E-state index contributed by atoms with van der Waals surface area (Å²) in [6.45, 7) is 0. The van der Waals surface area contributed by atoms with Crippen molar-refractivity contribution in [2.75, 3.05) is 0 Å². The molecule has 6 heteroatoms. The maximum absolute atomic E-state index is 10.9. The van der Waals surface area contributed by atoms with Crippen LogP contribution in [0.3, 0.4) is 0 Å². The fraction of sp³-hybridized carbons (Fsp3) is 0. The largest absolute Gasteiger partial charge is 0.309 e. The molecule has 0 amide bonds. The van der Waals surface area contributed by atoms with Gasteiger partial charge >= 0.3 is 0 Å². The predicted molar refractivity (Wildman–Crippen MR) is 229 cm³/mol. The third-order valence-corrected chi connectivity index (χ3v) is 11.3. The number of aromatic nitrogens is 3. The number of fused-ring (bicyclic) bond motifs is 9. The van der Waals surface area contributed by atoms with E-state index in [2.05, 4.69) is 129 Å². The number of nitriles is 3. The molecular formula is C51H28N6. The van der Waals surface area contributed by atoms with Crippen LogP contribution in [0.4, 0.5) is 0 Å². The van der Waals surface area contributed by atoms with Gasteiger partial charge in [0, 0.05) is 43.6 Å². The van der Waals surface area contributed by atoms with Gasteiger partial charge in [0.05, 0.1) is 73.3 Å². The first kappa shape index (κ1) is 32.1. The summed E-state index contributed by atoms with van der Waals surface area (Å²) in [7, 11) is 0. The van der Waals surface area contributed by atoms with Gasteiger partial charge < -0.3 is 13.7 Å². The first-order valence-electron chi connectivity index (χ1n) is 18.7. The van der Waals surface area contributed by atoms with Crippen LogP contribution in [0.1, 0.15) is 16.7 Å². The van der Waals surface area contributed by atoms with Gasteiger partial charge in [-0.2, -0.15) is 15.8 Å². The van der Waals surface area contributed by atoms with Crippen molar-refractivity contribution in [3.63, 3.8) is 0 Å². The Bertz CT molecular complexity index is 3580. The molecule has 0 radical (unpaired) electrons. The highest BCUT2D eigenvalue weighted by atomic mass is 15.0. The standard InChI is InChI=1S/C51H28N6/c52-29-32-18-23-50-42(25-32)40-12-4-8-16-48(40)57(50)45-13-5-1-9-37(45)34-19-24-44(35(27-34)31-54)56-49-22-17-33(30-53)26-43(49)41-21-20-36(28-51(41)56)55-46-14-6-2-10-38(46)39-11-3-7-15-47(39)55/h1-28H. The van der Waals surface area contributed by atoms with Crippen LogP contribution in [-0.2, 0) is 0 Å². The van der Waals surface area contributed by atoms with Crippen LogP contribution in [0, 0.1) is 34.0 Å². The highest BCUT2D eigenvalue weighted by molar-refractivity contribution is 6.13. The van der Waals surface area contributed by atoms with E-state index in [1.165, 1.54) is 10.8 Å². The van der Waals surface area contributed by atoms with E-state index in [1.807, 2.05) is 72.8 Å². The molecule has 57 heavy (non-hydrogen) atoms. The van der Waals surface area contributed by atoms with Crippen LogP contribution in [0.2, 0.25) is 0 Å². The Morgan fingerprint density at radius 3 is 1.46 bits per heavy atom. The summed E-state index contributed by atoms with van der Waals surface area (Å²) in [6, 6.07) is 64.8. The molecule has 0 N–H and O–H groups in total. The summed E-state index contributed by atoms with van der Waals surface area (Å²) in [5, 5.41) is 36.9. The lowest BCUT2D eigenvalue weighted by Crippen LogP contribution is -2.01. The van der Waals surface area contributed by atoms with Crippen LogP contribution < -0.4 is 0 Å². The molecule has 6 nitrogen and oxygen atoms in total. The highest BCUT2D eigenvalue weighted by Crippen LogP contribution is 2.40. The molecule has 0 fully saturated rings. The minimum Gasteiger partial charge on any atom is -0.309 e. The molecule has 11 aromatic rings. The fourth-order valence-electron chi connectivity index (χ4n) is 8.88. The van der Waals surface area contributed by atoms with Gasteiger partial charge in [0.1, 0.15) is 6.07 Å². The van der Waals surface area contributed by atoms with E-state index >= 15 is 0 Å². The van der Waals surface area contributed by atoms with Crippen LogP contribution in [0.5, 0.6) is 0 Å². The zero-order valence-electron chi connectivity index (χ0n) is 30.3. The predicted octanol–water partition coefficient (Wildman–Crippen LogP) is 12.3. The van der Waals surface area contributed by atoms with Gasteiger partial charge in [-0.05, 0) is 90.5 Å². The summed E-state index contributed by atoms with van der Waals surface area (Å²) in [5.41, 5.74) is 12.4. The normalized spacial score (nSPS) is 11.5. The van der Waals surface area contributed by atoms with Crippen molar-refractivity contribution in [3.05, 3.63) is 187 Å². The maximum Gasteiger partial charge on any atom is 0.101 e. The lowest BCUT2D eigenvalue weighted by atomic mass is 10.00. The molecule has 0 unspecified atom stereocenters. The minimum absolute atomic E-state index is 0.522. The summed E-state index contributed by atoms with van der Waals surface area (Å²) in [5.74, 6) is 0. The molecule has 8 aromatic carbocycles. The number of hydrogen-bond acceptors (Lipinski definition) is 3. The average Bonchev–Trinajstić information content (AvgIpc) is 3.90. The Balaban J connectivity index is 1.14. The Morgan fingerprint density at radius 1 is 0.333 bits per heavy atom. The van der Waals surface area contributed by atoms with E-state index in [1.54, 1.807) is 0 Å². The van der Waals surface area contributed by atoms with Crippen molar-refractivity contribution >= 4 is 65.4 Å². The van der Waals surface area contributed by atoms with Crippen molar-refractivity contribution in [2.45, 2.75) is 0 Å². The van der Waals surface area contributed by atoms with Crippen molar-refractivity contribution in [1.82, 2.24) is 13.7 Å². The molecule has 11 rings (SSSR count). The summed E-state index contributed by atoms with van der Waals surface area (Å²) in [4.78, 5) is 0. The molecular weight excluding hydrogens is 697 g/mol. The van der Waals surface area contributed by atoms with Gasteiger partial charge in [-0.1, -0.05) is 84.9 Å². The van der Waals surface area contributed by atoms with Gasteiger partial charge in [0.15, 0.2) is 0 Å². The van der Waals surface area contributed by atoms with E-state index in [-0.39, 0.29) is 0 Å². The molecule has 262 valence electrons. The third kappa shape index (κ3) is 4.68. The second-order valence-electron chi connectivity index (χ2n) is 14.3. The topological polar surface area (TPSA) is 86.2 Å². The quantitative estimate of drug-likeness (QED) is 0.181. The maximum atomic E-state index is 10.9. The average molecular weight is 725 g/mol. The second kappa shape index (κ2) is 12.3. The molecule has 0 atom stereocenters. The Morgan fingerprint density at radius 2 is 0.842 bits per heavy atom. The number of para-hydroxylation sites is 4. The molecule has 3 heterocycles. The number of benzene rings is 8. The molecule has 0 bridgehead atoms. The van der Waals surface area contributed by atoms with Crippen molar-refractivity contribution in [3.8, 4) is 46.4 Å². The number of hydrogen-bond donors (Lipinski definition) is 0. The van der Waals surface area contributed by atoms with Crippen LogP contribution >= 0.6 is 0 Å². The summed E-state index contributed by atoms with van der Waals surface area (Å²) < 4.78 is 6.71. The number of nitrogens with zero attached hydrogens (tertiary/aromatic N) is 6. The third-order valence-electron chi connectivity index (χ3n) is 11.3.